The first-order valence-corrected chi connectivity index (χ1v) is 11.3. The number of hydrogen-bond donors (Lipinski definition) is 1. The fourth-order valence-electron chi connectivity index (χ4n) is 5.53. The second-order valence-corrected chi connectivity index (χ2v) is 9.29. The molecule has 3 fully saturated rings. The molecular weight excluding hydrogens is 364 g/mol. The summed E-state index contributed by atoms with van der Waals surface area (Å²) in [6.45, 7) is 4.64. The summed E-state index contributed by atoms with van der Waals surface area (Å²) in [5.74, 6) is 0. The zero-order valence-electron chi connectivity index (χ0n) is 17.2. The molecule has 1 aromatic heterocycles. The van der Waals surface area contributed by atoms with E-state index in [9.17, 15) is 9.90 Å². The third kappa shape index (κ3) is 3.80. The quantitative estimate of drug-likeness (QED) is 0.861. The molecule has 0 unspecified atom stereocenters. The lowest BCUT2D eigenvalue weighted by atomic mass is 10.0. The third-order valence-electron chi connectivity index (χ3n) is 7.28. The summed E-state index contributed by atoms with van der Waals surface area (Å²) >= 11 is 0. The van der Waals surface area contributed by atoms with Gasteiger partial charge in [-0.15, -0.1) is 0 Å². The standard InChI is InChI=1S/C23H32N4O2/c28-22-20-8-7-19(15-21(20)24-17-27(22)18-5-1-2-6-18)26-13-11-25(12-14-26)16-23(29)9-3-4-10-23/h7-8,15,17-18,29H,1-6,9-14,16H2. The molecule has 156 valence electrons. The van der Waals surface area contributed by atoms with Crippen molar-refractivity contribution in [3.05, 3.63) is 34.9 Å². The summed E-state index contributed by atoms with van der Waals surface area (Å²) in [6, 6.07) is 6.42. The van der Waals surface area contributed by atoms with Crippen molar-refractivity contribution >= 4 is 16.6 Å². The van der Waals surface area contributed by atoms with E-state index in [-0.39, 0.29) is 5.56 Å². The Hall–Kier alpha value is -1.92. The number of benzene rings is 1. The molecule has 6 heteroatoms. The Kier molecular flexibility index (Phi) is 5.08. The van der Waals surface area contributed by atoms with E-state index in [1.54, 1.807) is 6.33 Å². The van der Waals surface area contributed by atoms with Crippen LogP contribution in [0.1, 0.15) is 57.4 Å². The van der Waals surface area contributed by atoms with Gasteiger partial charge in [0.15, 0.2) is 0 Å². The number of aromatic nitrogens is 2. The average Bonchev–Trinajstić information content (AvgIpc) is 3.41. The maximum atomic E-state index is 12.9. The Morgan fingerprint density at radius 1 is 1.03 bits per heavy atom. The summed E-state index contributed by atoms with van der Waals surface area (Å²) in [5.41, 5.74) is 1.57. The minimum Gasteiger partial charge on any atom is -0.389 e. The topological polar surface area (TPSA) is 61.6 Å². The Morgan fingerprint density at radius 3 is 2.48 bits per heavy atom. The van der Waals surface area contributed by atoms with Crippen molar-refractivity contribution in [1.29, 1.82) is 0 Å². The van der Waals surface area contributed by atoms with Crippen LogP contribution >= 0.6 is 0 Å². The molecule has 0 spiro atoms. The van der Waals surface area contributed by atoms with Crippen LogP contribution < -0.4 is 10.5 Å². The molecule has 1 aromatic carbocycles. The second kappa shape index (κ2) is 7.73. The molecule has 1 aliphatic heterocycles. The van der Waals surface area contributed by atoms with Gasteiger partial charge in [-0.1, -0.05) is 25.7 Å². The fourth-order valence-corrected chi connectivity index (χ4v) is 5.53. The fraction of sp³-hybridized carbons (Fsp3) is 0.652. The van der Waals surface area contributed by atoms with Crippen molar-refractivity contribution in [1.82, 2.24) is 14.5 Å². The maximum Gasteiger partial charge on any atom is 0.261 e. The summed E-state index contributed by atoms with van der Waals surface area (Å²) < 4.78 is 1.85. The van der Waals surface area contributed by atoms with Crippen molar-refractivity contribution in [2.75, 3.05) is 37.6 Å². The normalized spacial score (nSPS) is 23.3. The minimum atomic E-state index is -0.464. The van der Waals surface area contributed by atoms with Crippen LogP contribution in [0.25, 0.3) is 10.9 Å². The lowest BCUT2D eigenvalue weighted by molar-refractivity contribution is 0.00803. The van der Waals surface area contributed by atoms with E-state index in [2.05, 4.69) is 26.9 Å². The van der Waals surface area contributed by atoms with Crippen LogP contribution in [0.4, 0.5) is 5.69 Å². The first kappa shape index (κ1) is 19.1. The van der Waals surface area contributed by atoms with Crippen LogP contribution in [-0.4, -0.2) is 57.9 Å². The molecule has 2 aliphatic carbocycles. The molecule has 5 rings (SSSR count). The van der Waals surface area contributed by atoms with E-state index in [4.69, 9.17) is 0 Å². The molecule has 0 radical (unpaired) electrons. The van der Waals surface area contributed by atoms with E-state index < -0.39 is 5.60 Å². The summed E-state index contributed by atoms with van der Waals surface area (Å²) in [6.07, 6.45) is 10.5. The SMILES string of the molecule is O=c1c2ccc(N3CCN(CC4(O)CCCC4)CC3)cc2ncn1C1CCCC1. The number of hydrogen-bond acceptors (Lipinski definition) is 5. The first-order chi connectivity index (χ1) is 14.1. The minimum absolute atomic E-state index is 0.100. The molecule has 2 heterocycles. The Bertz CT molecular complexity index is 920. The summed E-state index contributed by atoms with van der Waals surface area (Å²) in [7, 11) is 0. The van der Waals surface area contributed by atoms with Gasteiger partial charge in [-0.05, 0) is 43.9 Å². The highest BCUT2D eigenvalue weighted by molar-refractivity contribution is 5.81. The van der Waals surface area contributed by atoms with Gasteiger partial charge in [-0.2, -0.15) is 0 Å². The molecule has 1 saturated heterocycles. The lowest BCUT2D eigenvalue weighted by Crippen LogP contribution is -2.51. The van der Waals surface area contributed by atoms with E-state index in [0.717, 1.165) is 87.8 Å². The van der Waals surface area contributed by atoms with Crippen LogP contribution in [0.15, 0.2) is 29.3 Å². The van der Waals surface area contributed by atoms with E-state index in [1.165, 1.54) is 12.8 Å². The van der Waals surface area contributed by atoms with Gasteiger partial charge in [0, 0.05) is 44.5 Å². The van der Waals surface area contributed by atoms with Crippen molar-refractivity contribution in [2.24, 2.45) is 0 Å². The Balaban J connectivity index is 1.28. The third-order valence-corrected chi connectivity index (χ3v) is 7.28. The molecule has 3 aliphatic rings. The molecular formula is C23H32N4O2. The molecule has 2 saturated carbocycles. The Morgan fingerprint density at radius 2 is 1.76 bits per heavy atom. The van der Waals surface area contributed by atoms with E-state index in [0.29, 0.717) is 6.04 Å². The predicted molar refractivity (Wildman–Crippen MR) is 116 cm³/mol. The molecule has 1 N–H and O–H groups in total. The van der Waals surface area contributed by atoms with Gasteiger partial charge in [-0.3, -0.25) is 14.3 Å². The van der Waals surface area contributed by atoms with Crippen LogP contribution in [0, 0.1) is 0 Å². The van der Waals surface area contributed by atoms with Crippen molar-refractivity contribution < 1.29 is 5.11 Å². The molecule has 2 aromatic rings. The highest BCUT2D eigenvalue weighted by Gasteiger charge is 2.34. The van der Waals surface area contributed by atoms with Gasteiger partial charge >= 0.3 is 0 Å². The molecule has 0 atom stereocenters. The van der Waals surface area contributed by atoms with Gasteiger partial charge in [0.2, 0.25) is 0 Å². The number of anilines is 1. The van der Waals surface area contributed by atoms with Gasteiger partial charge < -0.3 is 10.0 Å². The highest BCUT2D eigenvalue weighted by atomic mass is 16.3. The van der Waals surface area contributed by atoms with Crippen LogP contribution in [0.5, 0.6) is 0 Å². The van der Waals surface area contributed by atoms with Gasteiger partial charge in [-0.25, -0.2) is 4.98 Å². The molecule has 6 nitrogen and oxygen atoms in total. The van der Waals surface area contributed by atoms with Gasteiger partial charge in [0.25, 0.3) is 5.56 Å². The smallest absolute Gasteiger partial charge is 0.261 e. The number of aliphatic hydroxyl groups is 1. The number of fused-ring (bicyclic) bond motifs is 1. The summed E-state index contributed by atoms with van der Waals surface area (Å²) in [5, 5.41) is 11.4. The van der Waals surface area contributed by atoms with Crippen molar-refractivity contribution in [2.45, 2.75) is 63.0 Å². The van der Waals surface area contributed by atoms with Crippen LogP contribution in [-0.2, 0) is 0 Å². The molecule has 0 amide bonds. The number of piperazine rings is 1. The Labute approximate surface area is 172 Å². The van der Waals surface area contributed by atoms with Crippen LogP contribution in [0.3, 0.4) is 0 Å². The molecule has 0 bridgehead atoms. The van der Waals surface area contributed by atoms with Gasteiger partial charge in [0.1, 0.15) is 0 Å². The first-order valence-electron chi connectivity index (χ1n) is 11.3. The second-order valence-electron chi connectivity index (χ2n) is 9.29. The van der Waals surface area contributed by atoms with Gasteiger partial charge in [0.05, 0.1) is 22.8 Å². The van der Waals surface area contributed by atoms with E-state index >= 15 is 0 Å². The predicted octanol–water partition coefficient (Wildman–Crippen LogP) is 2.94. The zero-order valence-corrected chi connectivity index (χ0v) is 17.2. The number of β-amino-alcohol motifs (C(OH)–C–C–N with tert-alkyl or cyclic N) is 1. The van der Waals surface area contributed by atoms with Crippen LogP contribution in [0.2, 0.25) is 0 Å². The largest absolute Gasteiger partial charge is 0.389 e. The van der Waals surface area contributed by atoms with Crippen molar-refractivity contribution in [3.63, 3.8) is 0 Å². The zero-order chi connectivity index (χ0) is 19.8. The lowest BCUT2D eigenvalue weighted by Gasteiger charge is -2.39. The number of nitrogens with zero attached hydrogens (tertiary/aromatic N) is 4. The maximum absolute atomic E-state index is 12.9. The average molecular weight is 397 g/mol. The van der Waals surface area contributed by atoms with Crippen molar-refractivity contribution in [3.8, 4) is 0 Å². The van der Waals surface area contributed by atoms with E-state index in [1.807, 2.05) is 10.6 Å². The molecule has 29 heavy (non-hydrogen) atoms. The number of rotatable bonds is 4. The monoisotopic (exact) mass is 396 g/mol. The summed E-state index contributed by atoms with van der Waals surface area (Å²) in [4.78, 5) is 22.3. The highest BCUT2D eigenvalue weighted by Crippen LogP contribution is 2.31.